The van der Waals surface area contributed by atoms with Crippen molar-refractivity contribution in [3.63, 3.8) is 0 Å². The highest BCUT2D eigenvalue weighted by Gasteiger charge is 2.30. The summed E-state index contributed by atoms with van der Waals surface area (Å²) < 4.78 is 50.7. The molecule has 0 saturated carbocycles. The lowest BCUT2D eigenvalue weighted by molar-refractivity contribution is -0.274. The van der Waals surface area contributed by atoms with Gasteiger partial charge in [-0.1, -0.05) is 0 Å². The summed E-state index contributed by atoms with van der Waals surface area (Å²) in [7, 11) is 1.59. The quantitative estimate of drug-likeness (QED) is 0.555. The Morgan fingerprint density at radius 2 is 1.54 bits per heavy atom. The largest absolute Gasteiger partial charge is 0.573 e. The zero-order chi connectivity index (χ0) is 19.0. The third kappa shape index (κ3) is 7.06. The topological polar surface area (TPSA) is 51.8 Å². The molecule has 0 unspecified atom stereocenters. The fraction of sp³-hybridized carbons (Fsp3) is 0.235. The maximum atomic E-state index is 12.1. The van der Waals surface area contributed by atoms with Gasteiger partial charge in [-0.25, -0.2) is 0 Å². The third-order valence-corrected chi connectivity index (χ3v) is 3.31. The standard InChI is InChI=1S/C17H17F3N2O3S/c1-23-13-6-8-14(9-7-13)24-11-10-21-16(26)22-12-2-4-15(5-3-12)25-17(18,19)20/h2-9H,10-11H2,1H3,(H2,21,22,26). The van der Waals surface area contributed by atoms with Crippen LogP contribution in [0.1, 0.15) is 0 Å². The highest BCUT2D eigenvalue weighted by molar-refractivity contribution is 7.80. The number of ether oxygens (including phenoxy) is 3. The molecule has 0 heterocycles. The molecule has 2 aromatic carbocycles. The number of hydrogen-bond donors (Lipinski definition) is 2. The normalized spacial score (nSPS) is 10.8. The minimum atomic E-state index is -4.71. The molecule has 0 fully saturated rings. The Labute approximate surface area is 154 Å². The van der Waals surface area contributed by atoms with E-state index in [2.05, 4.69) is 15.4 Å². The number of methoxy groups -OCH3 is 1. The summed E-state index contributed by atoms with van der Waals surface area (Å²) in [6, 6.07) is 12.4. The number of thiocarbonyl (C=S) groups is 1. The SMILES string of the molecule is COc1ccc(OCCNC(=S)Nc2ccc(OC(F)(F)F)cc2)cc1. The van der Waals surface area contributed by atoms with Crippen LogP contribution in [0.3, 0.4) is 0 Å². The molecular formula is C17H17F3N2O3S. The number of anilines is 1. The zero-order valence-electron chi connectivity index (χ0n) is 13.8. The molecular weight excluding hydrogens is 369 g/mol. The Balaban J connectivity index is 1.69. The second-order valence-corrected chi connectivity index (χ2v) is 5.39. The number of hydrogen-bond acceptors (Lipinski definition) is 4. The molecule has 0 amide bonds. The number of nitrogens with one attached hydrogen (secondary N) is 2. The summed E-state index contributed by atoms with van der Waals surface area (Å²) in [5, 5.41) is 6.12. The van der Waals surface area contributed by atoms with Crippen LogP contribution in [0, 0.1) is 0 Å². The van der Waals surface area contributed by atoms with Crippen molar-refractivity contribution >= 4 is 23.0 Å². The van der Waals surface area contributed by atoms with Crippen LogP contribution in [0.15, 0.2) is 48.5 Å². The molecule has 0 aromatic heterocycles. The van der Waals surface area contributed by atoms with E-state index in [0.717, 1.165) is 5.75 Å². The second kappa shape index (κ2) is 9.14. The molecule has 26 heavy (non-hydrogen) atoms. The van der Waals surface area contributed by atoms with Gasteiger partial charge in [-0.3, -0.25) is 0 Å². The predicted molar refractivity (Wildman–Crippen MR) is 95.8 cm³/mol. The van der Waals surface area contributed by atoms with Gasteiger partial charge in [0.05, 0.1) is 13.7 Å². The fourth-order valence-electron chi connectivity index (χ4n) is 1.92. The van der Waals surface area contributed by atoms with E-state index in [0.29, 0.717) is 29.7 Å². The minimum absolute atomic E-state index is 0.296. The number of benzene rings is 2. The fourth-order valence-corrected chi connectivity index (χ4v) is 2.14. The van der Waals surface area contributed by atoms with Gasteiger partial charge in [0.15, 0.2) is 5.11 Å². The van der Waals surface area contributed by atoms with Gasteiger partial charge in [0.25, 0.3) is 0 Å². The van der Waals surface area contributed by atoms with Crippen molar-refractivity contribution in [3.8, 4) is 17.2 Å². The van der Waals surface area contributed by atoms with Crippen molar-refractivity contribution in [2.24, 2.45) is 0 Å². The van der Waals surface area contributed by atoms with E-state index in [1.54, 1.807) is 31.4 Å². The molecule has 0 bridgehead atoms. The Kier molecular flexibility index (Phi) is 6.90. The average molecular weight is 386 g/mol. The molecule has 140 valence electrons. The highest BCUT2D eigenvalue weighted by atomic mass is 32.1. The van der Waals surface area contributed by atoms with E-state index in [4.69, 9.17) is 21.7 Å². The molecule has 2 rings (SSSR count). The Morgan fingerprint density at radius 3 is 2.12 bits per heavy atom. The lowest BCUT2D eigenvalue weighted by Crippen LogP contribution is -2.31. The zero-order valence-corrected chi connectivity index (χ0v) is 14.6. The van der Waals surface area contributed by atoms with Gasteiger partial charge in [-0.05, 0) is 60.7 Å². The van der Waals surface area contributed by atoms with Gasteiger partial charge in [0.2, 0.25) is 0 Å². The van der Waals surface area contributed by atoms with Gasteiger partial charge < -0.3 is 24.8 Å². The molecule has 2 aromatic rings. The van der Waals surface area contributed by atoms with Crippen molar-refractivity contribution < 1.29 is 27.4 Å². The number of rotatable bonds is 7. The Hall–Kier alpha value is -2.68. The van der Waals surface area contributed by atoms with Gasteiger partial charge in [-0.2, -0.15) is 0 Å². The Morgan fingerprint density at radius 1 is 0.962 bits per heavy atom. The summed E-state index contributed by atoms with van der Waals surface area (Å²) in [6.45, 7) is 0.833. The third-order valence-electron chi connectivity index (χ3n) is 3.06. The van der Waals surface area contributed by atoms with E-state index in [1.807, 2.05) is 0 Å². The van der Waals surface area contributed by atoms with Crippen molar-refractivity contribution in [3.05, 3.63) is 48.5 Å². The van der Waals surface area contributed by atoms with Crippen molar-refractivity contribution in [2.75, 3.05) is 25.6 Å². The molecule has 2 N–H and O–H groups in total. The van der Waals surface area contributed by atoms with E-state index in [1.165, 1.54) is 24.3 Å². The first-order chi connectivity index (χ1) is 12.4. The smallest absolute Gasteiger partial charge is 0.497 e. The molecule has 0 atom stereocenters. The molecule has 5 nitrogen and oxygen atoms in total. The Bertz CT molecular complexity index is 707. The highest BCUT2D eigenvalue weighted by Crippen LogP contribution is 2.23. The number of alkyl halides is 3. The molecule has 0 spiro atoms. The lowest BCUT2D eigenvalue weighted by Gasteiger charge is -2.12. The monoisotopic (exact) mass is 386 g/mol. The van der Waals surface area contributed by atoms with Gasteiger partial charge in [0.1, 0.15) is 23.9 Å². The minimum Gasteiger partial charge on any atom is -0.497 e. The first-order valence-corrected chi connectivity index (χ1v) is 7.94. The van der Waals surface area contributed by atoms with Crippen LogP contribution in [0.2, 0.25) is 0 Å². The molecule has 0 aliphatic rings. The first kappa shape index (κ1) is 19.6. The second-order valence-electron chi connectivity index (χ2n) is 4.98. The van der Waals surface area contributed by atoms with Crippen molar-refractivity contribution in [2.45, 2.75) is 6.36 Å². The lowest BCUT2D eigenvalue weighted by atomic mass is 10.3. The van der Waals surface area contributed by atoms with Crippen LogP contribution in [-0.4, -0.2) is 31.7 Å². The van der Waals surface area contributed by atoms with Crippen molar-refractivity contribution in [1.29, 1.82) is 0 Å². The van der Waals surface area contributed by atoms with E-state index < -0.39 is 6.36 Å². The van der Waals surface area contributed by atoms with Crippen LogP contribution in [-0.2, 0) is 0 Å². The molecule has 0 radical (unpaired) electrons. The summed E-state index contributed by atoms with van der Waals surface area (Å²) in [4.78, 5) is 0. The summed E-state index contributed by atoms with van der Waals surface area (Å²) in [5.41, 5.74) is 0.535. The van der Waals surface area contributed by atoms with Crippen LogP contribution in [0.5, 0.6) is 17.2 Å². The molecule has 0 aliphatic heterocycles. The van der Waals surface area contributed by atoms with Gasteiger partial charge in [0, 0.05) is 5.69 Å². The number of halogens is 3. The van der Waals surface area contributed by atoms with E-state index in [9.17, 15) is 13.2 Å². The maximum absolute atomic E-state index is 12.1. The van der Waals surface area contributed by atoms with Crippen LogP contribution in [0.4, 0.5) is 18.9 Å². The van der Waals surface area contributed by atoms with Gasteiger partial charge in [-0.15, -0.1) is 13.2 Å². The van der Waals surface area contributed by atoms with Crippen LogP contribution >= 0.6 is 12.2 Å². The molecule has 0 saturated heterocycles. The van der Waals surface area contributed by atoms with Crippen LogP contribution < -0.4 is 24.8 Å². The maximum Gasteiger partial charge on any atom is 0.573 e. The van der Waals surface area contributed by atoms with E-state index in [-0.39, 0.29) is 5.75 Å². The molecule has 0 aliphatic carbocycles. The van der Waals surface area contributed by atoms with E-state index >= 15 is 0 Å². The molecule has 9 heteroatoms. The first-order valence-electron chi connectivity index (χ1n) is 7.53. The van der Waals surface area contributed by atoms with Gasteiger partial charge >= 0.3 is 6.36 Å². The predicted octanol–water partition coefficient (Wildman–Crippen LogP) is 3.96. The summed E-state index contributed by atoms with van der Waals surface area (Å²) in [6.07, 6.45) is -4.71. The summed E-state index contributed by atoms with van der Waals surface area (Å²) >= 11 is 5.11. The van der Waals surface area contributed by atoms with Crippen LogP contribution in [0.25, 0.3) is 0 Å². The van der Waals surface area contributed by atoms with Crippen molar-refractivity contribution in [1.82, 2.24) is 5.32 Å². The average Bonchev–Trinajstić information content (AvgIpc) is 2.60. The summed E-state index contributed by atoms with van der Waals surface area (Å²) in [5.74, 6) is 1.15.